The summed E-state index contributed by atoms with van der Waals surface area (Å²) in [4.78, 5) is 0. The van der Waals surface area contributed by atoms with Crippen molar-refractivity contribution in [2.75, 3.05) is 13.2 Å². The summed E-state index contributed by atoms with van der Waals surface area (Å²) in [5.41, 5.74) is 0.207. The van der Waals surface area contributed by atoms with E-state index in [0.717, 1.165) is 30.9 Å². The van der Waals surface area contributed by atoms with E-state index >= 15 is 0 Å². The van der Waals surface area contributed by atoms with Crippen LogP contribution in [-0.2, 0) is 0 Å². The van der Waals surface area contributed by atoms with Crippen molar-refractivity contribution in [1.29, 1.82) is 0 Å². The highest BCUT2D eigenvalue weighted by Gasteiger charge is 2.19. The molecule has 0 aliphatic carbocycles. The van der Waals surface area contributed by atoms with Crippen molar-refractivity contribution in [2.45, 2.75) is 46.6 Å². The molecule has 1 aromatic heterocycles. The number of aryl methyl sites for hydroxylation is 1. The number of rotatable bonds is 7. The summed E-state index contributed by atoms with van der Waals surface area (Å²) < 4.78 is 5.59. The van der Waals surface area contributed by atoms with Gasteiger partial charge in [0.1, 0.15) is 11.5 Å². The summed E-state index contributed by atoms with van der Waals surface area (Å²) in [6, 6.07) is 4.25. The van der Waals surface area contributed by atoms with Crippen molar-refractivity contribution in [1.82, 2.24) is 5.32 Å². The molecule has 0 amide bonds. The van der Waals surface area contributed by atoms with Crippen LogP contribution in [0.2, 0.25) is 0 Å². The van der Waals surface area contributed by atoms with Gasteiger partial charge in [-0.25, -0.2) is 0 Å². The third kappa shape index (κ3) is 4.92. The van der Waals surface area contributed by atoms with Gasteiger partial charge in [0, 0.05) is 13.2 Å². The van der Waals surface area contributed by atoms with Crippen molar-refractivity contribution in [3.05, 3.63) is 23.7 Å². The highest BCUT2D eigenvalue weighted by atomic mass is 16.3. The molecule has 0 saturated heterocycles. The van der Waals surface area contributed by atoms with Gasteiger partial charge in [-0.1, -0.05) is 13.8 Å². The molecule has 0 fully saturated rings. The highest BCUT2D eigenvalue weighted by molar-refractivity contribution is 5.08. The van der Waals surface area contributed by atoms with Crippen LogP contribution in [0.5, 0.6) is 0 Å². The molecule has 98 valence electrons. The molecule has 0 aliphatic rings. The van der Waals surface area contributed by atoms with Gasteiger partial charge >= 0.3 is 0 Å². The van der Waals surface area contributed by atoms with Crippen LogP contribution in [0.1, 0.15) is 51.2 Å². The zero-order valence-corrected chi connectivity index (χ0v) is 11.4. The van der Waals surface area contributed by atoms with E-state index in [1.54, 1.807) is 0 Å². The fraction of sp³-hybridized carbons (Fsp3) is 0.714. The molecule has 0 aliphatic heterocycles. The second-order valence-corrected chi connectivity index (χ2v) is 5.54. The van der Waals surface area contributed by atoms with E-state index in [-0.39, 0.29) is 18.1 Å². The number of aliphatic hydroxyl groups excluding tert-OH is 1. The largest absolute Gasteiger partial charge is 0.465 e. The summed E-state index contributed by atoms with van der Waals surface area (Å²) in [6.45, 7) is 9.71. The lowest BCUT2D eigenvalue weighted by Gasteiger charge is -2.26. The molecule has 1 unspecified atom stereocenters. The monoisotopic (exact) mass is 239 g/mol. The average Bonchev–Trinajstić information content (AvgIpc) is 2.70. The third-order valence-electron chi connectivity index (χ3n) is 3.09. The van der Waals surface area contributed by atoms with E-state index < -0.39 is 0 Å². The van der Waals surface area contributed by atoms with Gasteiger partial charge in [0.2, 0.25) is 0 Å². The van der Waals surface area contributed by atoms with Crippen molar-refractivity contribution in [2.24, 2.45) is 5.41 Å². The van der Waals surface area contributed by atoms with Gasteiger partial charge in [0.05, 0.1) is 6.04 Å². The van der Waals surface area contributed by atoms with Gasteiger partial charge in [-0.15, -0.1) is 0 Å². The Bertz CT molecular complexity index is 331. The third-order valence-corrected chi connectivity index (χ3v) is 3.09. The van der Waals surface area contributed by atoms with Gasteiger partial charge in [-0.2, -0.15) is 0 Å². The fourth-order valence-electron chi connectivity index (χ4n) is 1.86. The quantitative estimate of drug-likeness (QED) is 0.768. The summed E-state index contributed by atoms with van der Waals surface area (Å²) in [5, 5.41) is 12.3. The van der Waals surface area contributed by atoms with Crippen LogP contribution in [-0.4, -0.2) is 18.3 Å². The molecule has 3 heteroatoms. The lowest BCUT2D eigenvalue weighted by atomic mass is 9.87. The Labute approximate surface area is 104 Å². The van der Waals surface area contributed by atoms with Gasteiger partial charge < -0.3 is 14.8 Å². The van der Waals surface area contributed by atoms with Crippen molar-refractivity contribution < 1.29 is 9.52 Å². The smallest absolute Gasteiger partial charge is 0.120 e. The molecule has 1 atom stereocenters. The molecule has 17 heavy (non-hydrogen) atoms. The Morgan fingerprint density at radius 1 is 1.41 bits per heavy atom. The summed E-state index contributed by atoms with van der Waals surface area (Å²) in [6.07, 6.45) is 1.89. The Hall–Kier alpha value is -0.800. The topological polar surface area (TPSA) is 45.4 Å². The van der Waals surface area contributed by atoms with Crippen LogP contribution in [0.25, 0.3) is 0 Å². The number of aliphatic hydroxyl groups is 1. The van der Waals surface area contributed by atoms with Crippen LogP contribution < -0.4 is 5.32 Å². The summed E-state index contributed by atoms with van der Waals surface area (Å²) in [7, 11) is 0. The number of furan rings is 1. The van der Waals surface area contributed by atoms with E-state index in [2.05, 4.69) is 26.1 Å². The first-order valence-electron chi connectivity index (χ1n) is 6.35. The van der Waals surface area contributed by atoms with Crippen LogP contribution in [0.3, 0.4) is 0 Å². The molecule has 0 aromatic carbocycles. The standard InChI is InChI=1S/C14H25NO2/c1-11-6-7-13(17-11)12(2)15-10-14(3,4)8-5-9-16/h6-7,12,15-16H,5,8-10H2,1-4H3. The first-order valence-corrected chi connectivity index (χ1v) is 6.35. The first kappa shape index (κ1) is 14.3. The van der Waals surface area contributed by atoms with Crippen molar-refractivity contribution in [3.8, 4) is 0 Å². The van der Waals surface area contributed by atoms with Gasteiger partial charge in [0.15, 0.2) is 0 Å². The van der Waals surface area contributed by atoms with E-state index in [1.807, 2.05) is 19.1 Å². The van der Waals surface area contributed by atoms with Crippen molar-refractivity contribution in [3.63, 3.8) is 0 Å². The Kier molecular flexibility index (Phi) is 5.22. The highest BCUT2D eigenvalue weighted by Crippen LogP contribution is 2.23. The summed E-state index contributed by atoms with van der Waals surface area (Å²) >= 11 is 0. The summed E-state index contributed by atoms with van der Waals surface area (Å²) in [5.74, 6) is 1.94. The van der Waals surface area contributed by atoms with Crippen LogP contribution >= 0.6 is 0 Å². The molecule has 0 spiro atoms. The Morgan fingerprint density at radius 3 is 2.65 bits per heavy atom. The van der Waals surface area contributed by atoms with E-state index in [0.29, 0.717) is 0 Å². The normalized spacial score (nSPS) is 13.9. The zero-order chi connectivity index (χ0) is 12.9. The number of nitrogens with one attached hydrogen (secondary N) is 1. The zero-order valence-electron chi connectivity index (χ0n) is 11.4. The lowest BCUT2D eigenvalue weighted by molar-refractivity contribution is 0.230. The maximum absolute atomic E-state index is 8.85. The number of hydrogen-bond donors (Lipinski definition) is 2. The maximum atomic E-state index is 8.85. The molecule has 0 saturated carbocycles. The second-order valence-electron chi connectivity index (χ2n) is 5.54. The van der Waals surface area contributed by atoms with E-state index in [1.165, 1.54) is 0 Å². The van der Waals surface area contributed by atoms with Crippen LogP contribution in [0.4, 0.5) is 0 Å². The molecular formula is C14H25NO2. The van der Waals surface area contributed by atoms with Gasteiger partial charge in [-0.05, 0) is 44.2 Å². The lowest BCUT2D eigenvalue weighted by Crippen LogP contribution is -2.31. The second kappa shape index (κ2) is 6.22. The molecule has 1 aromatic rings. The fourth-order valence-corrected chi connectivity index (χ4v) is 1.86. The minimum Gasteiger partial charge on any atom is -0.465 e. The SMILES string of the molecule is Cc1ccc(C(C)NCC(C)(C)CCCO)o1. The van der Waals surface area contributed by atoms with Gasteiger partial charge in [-0.3, -0.25) is 0 Å². The average molecular weight is 239 g/mol. The van der Waals surface area contributed by atoms with Crippen molar-refractivity contribution >= 4 is 0 Å². The van der Waals surface area contributed by atoms with Gasteiger partial charge in [0.25, 0.3) is 0 Å². The minimum atomic E-state index is 0.207. The van der Waals surface area contributed by atoms with Crippen LogP contribution in [0.15, 0.2) is 16.5 Å². The minimum absolute atomic E-state index is 0.207. The first-order chi connectivity index (χ1) is 7.94. The molecule has 0 radical (unpaired) electrons. The molecule has 1 rings (SSSR count). The molecule has 1 heterocycles. The van der Waals surface area contributed by atoms with Crippen LogP contribution in [0, 0.1) is 12.3 Å². The molecule has 0 bridgehead atoms. The van der Waals surface area contributed by atoms with E-state index in [4.69, 9.17) is 9.52 Å². The predicted octanol–water partition coefficient (Wildman–Crippen LogP) is 3.04. The Morgan fingerprint density at radius 2 is 2.12 bits per heavy atom. The predicted molar refractivity (Wildman–Crippen MR) is 70.0 cm³/mol. The molecule has 2 N–H and O–H groups in total. The molecule has 3 nitrogen and oxygen atoms in total. The maximum Gasteiger partial charge on any atom is 0.120 e. The number of hydrogen-bond acceptors (Lipinski definition) is 3. The molecular weight excluding hydrogens is 214 g/mol. The Balaban J connectivity index is 2.39. The van der Waals surface area contributed by atoms with E-state index in [9.17, 15) is 0 Å².